The van der Waals surface area contributed by atoms with Gasteiger partial charge >= 0.3 is 0 Å². The highest BCUT2D eigenvalue weighted by atomic mass is 32.2. The van der Waals surface area contributed by atoms with Crippen molar-refractivity contribution in [3.8, 4) is 0 Å². The topological polar surface area (TPSA) is 47.0 Å². The Morgan fingerprint density at radius 2 is 1.81 bits per heavy atom. The standard InChI is InChI=1S/C16H21N3OS/c1-11-5-12(2)7-13(6-11)10-21-16-8-14(17-3)18-15(19-16)9-20-4/h5-8H,9-10H2,1-4H3,(H,17,18,19). The van der Waals surface area contributed by atoms with Crippen LogP contribution in [0, 0.1) is 13.8 Å². The molecule has 0 bridgehead atoms. The summed E-state index contributed by atoms with van der Waals surface area (Å²) in [7, 11) is 3.51. The Balaban J connectivity index is 2.13. The van der Waals surface area contributed by atoms with Crippen LogP contribution in [0.1, 0.15) is 22.5 Å². The van der Waals surface area contributed by atoms with Crippen molar-refractivity contribution >= 4 is 17.6 Å². The number of rotatable bonds is 6. The van der Waals surface area contributed by atoms with Gasteiger partial charge in [0.15, 0.2) is 5.82 Å². The average Bonchev–Trinajstić information content (AvgIpc) is 2.44. The lowest BCUT2D eigenvalue weighted by Crippen LogP contribution is -2.02. The predicted octanol–water partition coefficient (Wildman–Crippen LogP) is 3.57. The van der Waals surface area contributed by atoms with Gasteiger partial charge in [0.1, 0.15) is 17.5 Å². The molecule has 21 heavy (non-hydrogen) atoms. The second kappa shape index (κ2) is 7.43. The van der Waals surface area contributed by atoms with Crippen molar-refractivity contribution in [2.45, 2.75) is 31.2 Å². The van der Waals surface area contributed by atoms with Gasteiger partial charge in [0, 0.05) is 26.0 Å². The quantitative estimate of drug-likeness (QED) is 0.653. The van der Waals surface area contributed by atoms with Gasteiger partial charge in [0.2, 0.25) is 0 Å². The van der Waals surface area contributed by atoms with Gasteiger partial charge < -0.3 is 10.1 Å². The Bertz CT molecular complexity index is 596. The zero-order valence-corrected chi connectivity index (χ0v) is 13.8. The molecule has 0 fully saturated rings. The van der Waals surface area contributed by atoms with E-state index in [0.29, 0.717) is 12.4 Å². The number of anilines is 1. The Labute approximate surface area is 130 Å². The molecule has 0 atom stereocenters. The van der Waals surface area contributed by atoms with Crippen LogP contribution in [0.25, 0.3) is 0 Å². The number of methoxy groups -OCH3 is 1. The number of aryl methyl sites for hydroxylation is 2. The first-order valence-electron chi connectivity index (χ1n) is 6.85. The number of thioether (sulfide) groups is 1. The molecule has 4 nitrogen and oxygen atoms in total. The molecule has 0 radical (unpaired) electrons. The van der Waals surface area contributed by atoms with Crippen molar-refractivity contribution in [1.29, 1.82) is 0 Å². The maximum atomic E-state index is 5.11. The smallest absolute Gasteiger partial charge is 0.157 e. The molecule has 1 aromatic heterocycles. The van der Waals surface area contributed by atoms with E-state index in [1.54, 1.807) is 18.9 Å². The third-order valence-electron chi connectivity index (χ3n) is 2.95. The number of hydrogen-bond acceptors (Lipinski definition) is 5. The van der Waals surface area contributed by atoms with Crippen LogP contribution in [0.3, 0.4) is 0 Å². The van der Waals surface area contributed by atoms with Crippen molar-refractivity contribution in [3.05, 3.63) is 46.8 Å². The summed E-state index contributed by atoms with van der Waals surface area (Å²) in [6, 6.07) is 8.59. The molecule has 0 aliphatic heterocycles. The number of hydrogen-bond donors (Lipinski definition) is 1. The van der Waals surface area contributed by atoms with Gasteiger partial charge in [0.25, 0.3) is 0 Å². The molecule has 0 spiro atoms. The first-order chi connectivity index (χ1) is 10.1. The molecular weight excluding hydrogens is 282 g/mol. The number of benzene rings is 1. The van der Waals surface area contributed by atoms with Crippen molar-refractivity contribution in [2.24, 2.45) is 0 Å². The van der Waals surface area contributed by atoms with Crippen LogP contribution in [0.2, 0.25) is 0 Å². The second-order valence-corrected chi connectivity index (χ2v) is 5.97. The molecule has 0 unspecified atom stereocenters. The van der Waals surface area contributed by atoms with Gasteiger partial charge in [-0.15, -0.1) is 11.8 Å². The van der Waals surface area contributed by atoms with Crippen molar-refractivity contribution < 1.29 is 4.74 Å². The first-order valence-corrected chi connectivity index (χ1v) is 7.84. The molecule has 2 rings (SSSR count). The van der Waals surface area contributed by atoms with Crippen LogP contribution >= 0.6 is 11.8 Å². The molecule has 0 aliphatic carbocycles. The van der Waals surface area contributed by atoms with Gasteiger partial charge in [-0.2, -0.15) is 0 Å². The summed E-state index contributed by atoms with van der Waals surface area (Å²) in [6.07, 6.45) is 0. The minimum absolute atomic E-state index is 0.423. The number of nitrogens with zero attached hydrogens (tertiary/aromatic N) is 2. The fraction of sp³-hybridized carbons (Fsp3) is 0.375. The van der Waals surface area contributed by atoms with E-state index in [4.69, 9.17) is 4.74 Å². The van der Waals surface area contributed by atoms with E-state index >= 15 is 0 Å². The van der Waals surface area contributed by atoms with Crippen molar-refractivity contribution in [1.82, 2.24) is 9.97 Å². The van der Waals surface area contributed by atoms with Crippen LogP contribution in [0.15, 0.2) is 29.3 Å². The molecule has 1 N–H and O–H groups in total. The highest BCUT2D eigenvalue weighted by Gasteiger charge is 2.05. The Hall–Kier alpha value is -1.59. The largest absolute Gasteiger partial charge is 0.377 e. The second-order valence-electron chi connectivity index (χ2n) is 4.98. The van der Waals surface area contributed by atoms with Crippen LogP contribution in [0.5, 0.6) is 0 Å². The summed E-state index contributed by atoms with van der Waals surface area (Å²) >= 11 is 1.71. The SMILES string of the molecule is CNc1cc(SCc2cc(C)cc(C)c2)nc(COC)n1. The monoisotopic (exact) mass is 303 g/mol. The first kappa shape index (κ1) is 15.8. The Kier molecular flexibility index (Phi) is 5.59. The van der Waals surface area contributed by atoms with Crippen molar-refractivity contribution in [2.75, 3.05) is 19.5 Å². The molecular formula is C16H21N3OS. The van der Waals surface area contributed by atoms with Gasteiger partial charge in [-0.3, -0.25) is 0 Å². The summed E-state index contributed by atoms with van der Waals surface area (Å²) in [5, 5.41) is 4.02. The molecule has 0 saturated heterocycles. The zero-order chi connectivity index (χ0) is 15.2. The number of nitrogens with one attached hydrogen (secondary N) is 1. The fourth-order valence-electron chi connectivity index (χ4n) is 2.18. The molecule has 0 amide bonds. The molecule has 0 aliphatic rings. The lowest BCUT2D eigenvalue weighted by atomic mass is 10.1. The van der Waals surface area contributed by atoms with E-state index in [-0.39, 0.29) is 0 Å². The minimum atomic E-state index is 0.423. The molecule has 1 heterocycles. The van der Waals surface area contributed by atoms with E-state index in [0.717, 1.165) is 16.6 Å². The molecule has 112 valence electrons. The van der Waals surface area contributed by atoms with Crippen LogP contribution in [-0.2, 0) is 17.1 Å². The minimum Gasteiger partial charge on any atom is -0.377 e. The average molecular weight is 303 g/mol. The van der Waals surface area contributed by atoms with Gasteiger partial charge in [0.05, 0.1) is 0 Å². The Morgan fingerprint density at radius 3 is 2.43 bits per heavy atom. The predicted molar refractivity (Wildman–Crippen MR) is 87.8 cm³/mol. The third kappa shape index (κ3) is 4.72. The normalized spacial score (nSPS) is 10.7. The summed E-state index contributed by atoms with van der Waals surface area (Å²) in [6.45, 7) is 4.68. The van der Waals surface area contributed by atoms with E-state index in [1.807, 2.05) is 13.1 Å². The summed E-state index contributed by atoms with van der Waals surface area (Å²) in [4.78, 5) is 8.88. The lowest BCUT2D eigenvalue weighted by Gasteiger charge is -2.08. The molecule has 2 aromatic rings. The van der Waals surface area contributed by atoms with Crippen LogP contribution < -0.4 is 5.32 Å². The van der Waals surface area contributed by atoms with Gasteiger partial charge in [-0.05, 0) is 19.4 Å². The third-order valence-corrected chi connectivity index (χ3v) is 3.93. The highest BCUT2D eigenvalue weighted by Crippen LogP contribution is 2.24. The number of ether oxygens (including phenoxy) is 1. The van der Waals surface area contributed by atoms with Gasteiger partial charge in [-0.1, -0.05) is 29.3 Å². The molecule has 1 aromatic carbocycles. The van der Waals surface area contributed by atoms with Crippen molar-refractivity contribution in [3.63, 3.8) is 0 Å². The van der Waals surface area contributed by atoms with E-state index in [1.165, 1.54) is 16.7 Å². The maximum Gasteiger partial charge on any atom is 0.157 e. The van der Waals surface area contributed by atoms with E-state index in [2.05, 4.69) is 47.3 Å². The fourth-order valence-corrected chi connectivity index (χ4v) is 3.02. The highest BCUT2D eigenvalue weighted by molar-refractivity contribution is 7.98. The zero-order valence-electron chi connectivity index (χ0n) is 12.9. The van der Waals surface area contributed by atoms with Crippen LogP contribution in [-0.4, -0.2) is 24.1 Å². The number of aromatic nitrogens is 2. The van der Waals surface area contributed by atoms with E-state index < -0.39 is 0 Å². The Morgan fingerprint density at radius 1 is 1.10 bits per heavy atom. The molecule has 5 heteroatoms. The van der Waals surface area contributed by atoms with Crippen LogP contribution in [0.4, 0.5) is 5.82 Å². The summed E-state index contributed by atoms with van der Waals surface area (Å²) in [5.41, 5.74) is 3.91. The van der Waals surface area contributed by atoms with E-state index in [9.17, 15) is 0 Å². The summed E-state index contributed by atoms with van der Waals surface area (Å²) < 4.78 is 5.11. The summed E-state index contributed by atoms with van der Waals surface area (Å²) in [5.74, 6) is 2.42. The van der Waals surface area contributed by atoms with Gasteiger partial charge in [-0.25, -0.2) is 9.97 Å². The molecule has 0 saturated carbocycles. The lowest BCUT2D eigenvalue weighted by molar-refractivity contribution is 0.177. The maximum absolute atomic E-state index is 5.11.